The Balaban J connectivity index is 1.92. The molecule has 0 aliphatic heterocycles. The van der Waals surface area contributed by atoms with Crippen LogP contribution in [0, 0.1) is 24.7 Å². The lowest BCUT2D eigenvalue weighted by atomic mass is 9.86. The van der Waals surface area contributed by atoms with Crippen LogP contribution >= 0.6 is 0 Å². The van der Waals surface area contributed by atoms with Crippen molar-refractivity contribution in [1.29, 1.82) is 0 Å². The van der Waals surface area contributed by atoms with Crippen molar-refractivity contribution in [1.82, 2.24) is 10.2 Å². The van der Waals surface area contributed by atoms with E-state index in [1.165, 1.54) is 0 Å². The molecule has 0 saturated heterocycles. The number of hydrogen-bond donors (Lipinski definition) is 1. The van der Waals surface area contributed by atoms with Gasteiger partial charge in [-0.25, -0.2) is 0 Å². The van der Waals surface area contributed by atoms with E-state index in [2.05, 4.69) is 34.0 Å². The molecule has 0 spiro atoms. The smallest absolute Gasteiger partial charge is 0.151 e. The highest BCUT2D eigenvalue weighted by Crippen LogP contribution is 2.28. The highest BCUT2D eigenvalue weighted by molar-refractivity contribution is 5.37. The summed E-state index contributed by atoms with van der Waals surface area (Å²) in [5.41, 5.74) is 0.945. The van der Waals surface area contributed by atoms with Gasteiger partial charge in [0.25, 0.3) is 0 Å². The predicted octanol–water partition coefficient (Wildman–Crippen LogP) is 1.78. The summed E-state index contributed by atoms with van der Waals surface area (Å²) in [6.45, 7) is 1.92. The van der Waals surface area contributed by atoms with E-state index < -0.39 is 0 Å². The first-order valence-electron chi connectivity index (χ1n) is 6.83. The molecule has 4 heteroatoms. The fourth-order valence-electron chi connectivity index (χ4n) is 2.56. The molecule has 2 rings (SSSR count). The van der Waals surface area contributed by atoms with Crippen molar-refractivity contribution < 1.29 is 5.11 Å². The number of nitrogens with zero attached hydrogens (tertiary/aromatic N) is 3. The van der Waals surface area contributed by atoms with Gasteiger partial charge in [0.15, 0.2) is 5.82 Å². The Kier molecular flexibility index (Phi) is 4.75. The SMILES string of the molecule is Cc1ccc(N(C)C2CCC(C#CCO)CC2)nn1. The van der Waals surface area contributed by atoms with Gasteiger partial charge < -0.3 is 10.0 Å². The van der Waals surface area contributed by atoms with Crippen LogP contribution in [0.2, 0.25) is 0 Å². The molecule has 0 unspecified atom stereocenters. The van der Waals surface area contributed by atoms with Gasteiger partial charge in [-0.1, -0.05) is 11.8 Å². The van der Waals surface area contributed by atoms with E-state index in [1.54, 1.807) is 0 Å². The summed E-state index contributed by atoms with van der Waals surface area (Å²) in [5, 5.41) is 17.1. The second kappa shape index (κ2) is 6.53. The monoisotopic (exact) mass is 259 g/mol. The third-order valence-electron chi connectivity index (χ3n) is 3.77. The van der Waals surface area contributed by atoms with Gasteiger partial charge in [0.2, 0.25) is 0 Å². The number of hydrogen-bond acceptors (Lipinski definition) is 4. The minimum atomic E-state index is -0.0290. The molecule has 1 N–H and O–H groups in total. The van der Waals surface area contributed by atoms with Gasteiger partial charge >= 0.3 is 0 Å². The number of aliphatic hydroxyl groups excluding tert-OH is 1. The van der Waals surface area contributed by atoms with Gasteiger partial charge in [0.1, 0.15) is 6.61 Å². The molecule has 1 aliphatic rings. The molecule has 4 nitrogen and oxygen atoms in total. The Morgan fingerprint density at radius 3 is 2.58 bits per heavy atom. The summed E-state index contributed by atoms with van der Waals surface area (Å²) in [6, 6.07) is 4.54. The number of aryl methyl sites for hydroxylation is 1. The largest absolute Gasteiger partial charge is 0.384 e. The third kappa shape index (κ3) is 3.68. The minimum Gasteiger partial charge on any atom is -0.384 e. The molecule has 1 fully saturated rings. The van der Waals surface area contributed by atoms with Crippen LogP contribution in [0.3, 0.4) is 0 Å². The summed E-state index contributed by atoms with van der Waals surface area (Å²) in [5.74, 6) is 7.29. The summed E-state index contributed by atoms with van der Waals surface area (Å²) >= 11 is 0. The molecule has 0 amide bonds. The number of aliphatic hydroxyl groups is 1. The molecule has 1 heterocycles. The molecular weight excluding hydrogens is 238 g/mol. The zero-order valence-electron chi connectivity index (χ0n) is 11.6. The maximum Gasteiger partial charge on any atom is 0.151 e. The molecule has 102 valence electrons. The van der Waals surface area contributed by atoms with Gasteiger partial charge in [-0.2, -0.15) is 5.10 Å². The lowest BCUT2D eigenvalue weighted by Gasteiger charge is -2.33. The Bertz CT molecular complexity index is 453. The summed E-state index contributed by atoms with van der Waals surface area (Å²) < 4.78 is 0. The van der Waals surface area contributed by atoms with Crippen LogP contribution in [0.1, 0.15) is 31.4 Å². The molecule has 0 aromatic carbocycles. The standard InChI is InChI=1S/C15H21N3O/c1-12-5-10-15(17-16-12)18(2)14-8-6-13(7-9-14)4-3-11-19/h5,10,13-14,19H,6-9,11H2,1-2H3. The van der Waals surface area contributed by atoms with Crippen molar-refractivity contribution in [3.63, 3.8) is 0 Å². The van der Waals surface area contributed by atoms with Crippen molar-refractivity contribution in [3.05, 3.63) is 17.8 Å². The second-order valence-electron chi connectivity index (χ2n) is 5.13. The van der Waals surface area contributed by atoms with E-state index in [-0.39, 0.29) is 6.61 Å². The van der Waals surface area contributed by atoms with Gasteiger partial charge in [-0.15, -0.1) is 5.10 Å². The van der Waals surface area contributed by atoms with Crippen LogP contribution in [-0.4, -0.2) is 35.0 Å². The van der Waals surface area contributed by atoms with E-state index in [9.17, 15) is 0 Å². The first-order chi connectivity index (χ1) is 9.20. The number of rotatable bonds is 2. The predicted molar refractivity (Wildman–Crippen MR) is 75.8 cm³/mol. The van der Waals surface area contributed by atoms with Crippen molar-refractivity contribution in [2.24, 2.45) is 5.92 Å². The first kappa shape index (κ1) is 13.8. The Hall–Kier alpha value is -1.60. The quantitative estimate of drug-likeness (QED) is 0.822. The molecule has 19 heavy (non-hydrogen) atoms. The minimum absolute atomic E-state index is 0.0290. The molecular formula is C15H21N3O. The van der Waals surface area contributed by atoms with Gasteiger partial charge in [-0.05, 0) is 44.7 Å². The van der Waals surface area contributed by atoms with E-state index >= 15 is 0 Å². The molecule has 1 saturated carbocycles. The zero-order chi connectivity index (χ0) is 13.7. The summed E-state index contributed by atoms with van der Waals surface area (Å²) in [6.07, 6.45) is 4.44. The summed E-state index contributed by atoms with van der Waals surface area (Å²) in [7, 11) is 2.09. The van der Waals surface area contributed by atoms with Gasteiger partial charge in [0, 0.05) is 19.0 Å². The Morgan fingerprint density at radius 1 is 1.26 bits per heavy atom. The van der Waals surface area contributed by atoms with Crippen LogP contribution in [0.4, 0.5) is 5.82 Å². The average Bonchev–Trinajstić information content (AvgIpc) is 2.46. The van der Waals surface area contributed by atoms with E-state index in [4.69, 9.17) is 5.11 Å². The molecule has 1 aromatic heterocycles. The highest BCUT2D eigenvalue weighted by Gasteiger charge is 2.23. The maximum absolute atomic E-state index is 8.71. The lowest BCUT2D eigenvalue weighted by Crippen LogP contribution is -2.35. The van der Waals surface area contributed by atoms with Crippen LogP contribution < -0.4 is 4.90 Å². The van der Waals surface area contributed by atoms with Crippen molar-refractivity contribution in [2.75, 3.05) is 18.6 Å². The number of aromatic nitrogens is 2. The number of anilines is 1. The molecule has 1 aliphatic carbocycles. The molecule has 0 bridgehead atoms. The Morgan fingerprint density at radius 2 is 2.00 bits per heavy atom. The van der Waals surface area contributed by atoms with Crippen LogP contribution in [0.15, 0.2) is 12.1 Å². The third-order valence-corrected chi connectivity index (χ3v) is 3.77. The van der Waals surface area contributed by atoms with E-state index in [1.807, 2.05) is 19.1 Å². The van der Waals surface area contributed by atoms with Crippen molar-refractivity contribution >= 4 is 5.82 Å². The van der Waals surface area contributed by atoms with Crippen molar-refractivity contribution in [3.8, 4) is 11.8 Å². The molecule has 0 atom stereocenters. The maximum atomic E-state index is 8.71. The fraction of sp³-hybridized carbons (Fsp3) is 0.600. The average molecular weight is 259 g/mol. The first-order valence-corrected chi connectivity index (χ1v) is 6.83. The lowest BCUT2D eigenvalue weighted by molar-refractivity contribution is 0.348. The molecule has 1 aromatic rings. The van der Waals surface area contributed by atoms with Crippen LogP contribution in [0.5, 0.6) is 0 Å². The van der Waals surface area contributed by atoms with E-state index in [0.29, 0.717) is 12.0 Å². The normalized spacial score (nSPS) is 22.5. The van der Waals surface area contributed by atoms with Crippen molar-refractivity contribution in [2.45, 2.75) is 38.6 Å². The topological polar surface area (TPSA) is 49.2 Å². The van der Waals surface area contributed by atoms with E-state index in [0.717, 1.165) is 37.2 Å². The van der Waals surface area contributed by atoms with Gasteiger partial charge in [-0.3, -0.25) is 0 Å². The van der Waals surface area contributed by atoms with Gasteiger partial charge in [0.05, 0.1) is 5.69 Å². The zero-order valence-corrected chi connectivity index (χ0v) is 11.6. The molecule has 0 radical (unpaired) electrons. The second-order valence-corrected chi connectivity index (χ2v) is 5.13. The summed E-state index contributed by atoms with van der Waals surface area (Å²) in [4.78, 5) is 2.22. The van der Waals surface area contributed by atoms with Crippen LogP contribution in [-0.2, 0) is 0 Å². The van der Waals surface area contributed by atoms with Crippen LogP contribution in [0.25, 0.3) is 0 Å². The highest BCUT2D eigenvalue weighted by atomic mass is 16.2. The Labute approximate surface area is 114 Å². The fourth-order valence-corrected chi connectivity index (χ4v) is 2.56.